The van der Waals surface area contributed by atoms with E-state index in [1.165, 1.54) is 13.2 Å². The van der Waals surface area contributed by atoms with E-state index in [1.54, 1.807) is 48.2 Å². The van der Waals surface area contributed by atoms with Crippen molar-refractivity contribution in [2.45, 2.75) is 52.2 Å². The summed E-state index contributed by atoms with van der Waals surface area (Å²) in [6.07, 6.45) is -0.376. The van der Waals surface area contributed by atoms with E-state index in [-0.39, 0.29) is 43.2 Å². The summed E-state index contributed by atoms with van der Waals surface area (Å²) in [6.45, 7) is 7.05. The first-order valence-corrected chi connectivity index (χ1v) is 15.7. The molecular formula is C35H44F2N4O6. The molecule has 3 amide bonds. The van der Waals surface area contributed by atoms with E-state index in [0.29, 0.717) is 35.7 Å². The Morgan fingerprint density at radius 3 is 2.28 bits per heavy atom. The summed E-state index contributed by atoms with van der Waals surface area (Å²) in [5.41, 5.74) is 2.02. The third-order valence-corrected chi connectivity index (χ3v) is 7.20. The summed E-state index contributed by atoms with van der Waals surface area (Å²) in [6, 6.07) is 13.7. The molecule has 3 aromatic carbocycles. The molecule has 0 unspecified atom stereocenters. The highest BCUT2D eigenvalue weighted by molar-refractivity contribution is 6.00. The van der Waals surface area contributed by atoms with Crippen molar-refractivity contribution in [1.29, 1.82) is 0 Å². The number of aliphatic hydroxyl groups excluding tert-OH is 1. The molecule has 0 saturated heterocycles. The van der Waals surface area contributed by atoms with E-state index in [2.05, 4.69) is 16.0 Å². The molecular weight excluding hydrogens is 610 g/mol. The van der Waals surface area contributed by atoms with Gasteiger partial charge in [-0.2, -0.15) is 0 Å². The van der Waals surface area contributed by atoms with Crippen molar-refractivity contribution in [1.82, 2.24) is 15.5 Å². The minimum atomic E-state index is -1.20. The lowest BCUT2D eigenvalue weighted by Gasteiger charge is -2.25. The van der Waals surface area contributed by atoms with Crippen molar-refractivity contribution < 1.29 is 37.7 Å². The Bertz CT molecular complexity index is 1480. The number of anilines is 1. The topological polar surface area (TPSA) is 129 Å². The Balaban J connectivity index is 1.66. The molecule has 254 valence electrons. The van der Waals surface area contributed by atoms with Crippen molar-refractivity contribution in [3.05, 3.63) is 94.6 Å². The molecule has 12 heteroatoms. The van der Waals surface area contributed by atoms with Gasteiger partial charge in [-0.15, -0.1) is 0 Å². The predicted molar refractivity (Wildman–Crippen MR) is 176 cm³/mol. The zero-order chi connectivity index (χ0) is 34.3. The fourth-order valence-corrected chi connectivity index (χ4v) is 5.06. The maximum atomic E-state index is 14.0. The van der Waals surface area contributed by atoms with Crippen LogP contribution >= 0.6 is 0 Å². The molecule has 4 N–H and O–H groups in total. The lowest BCUT2D eigenvalue weighted by atomic mass is 9.99. The van der Waals surface area contributed by atoms with Crippen molar-refractivity contribution in [2.24, 2.45) is 0 Å². The number of hydrogen-bond acceptors (Lipinski definition) is 7. The number of hydrogen-bond donors (Lipinski definition) is 4. The number of amides is 3. The first kappa shape index (κ1) is 36.9. The molecule has 3 aromatic rings. The minimum absolute atomic E-state index is 0.0260. The van der Waals surface area contributed by atoms with Crippen LogP contribution in [0.15, 0.2) is 60.7 Å². The second-order valence-electron chi connectivity index (χ2n) is 11.2. The number of aryl methyl sites for hydroxylation is 1. The number of aliphatic hydroxyl groups is 1. The number of carbonyl (C=O) groups excluding carboxylic acids is 3. The summed E-state index contributed by atoms with van der Waals surface area (Å²) in [5.74, 6) is -1.73. The van der Waals surface area contributed by atoms with Gasteiger partial charge in [0.05, 0.1) is 19.3 Å². The van der Waals surface area contributed by atoms with Crippen LogP contribution in [0.25, 0.3) is 0 Å². The van der Waals surface area contributed by atoms with E-state index in [1.807, 2.05) is 13.8 Å². The van der Waals surface area contributed by atoms with Crippen LogP contribution in [-0.2, 0) is 11.2 Å². The number of nitrogens with one attached hydrogen (secondary N) is 3. The fraction of sp³-hybridized carbons (Fsp3) is 0.400. The molecule has 2 atom stereocenters. The van der Waals surface area contributed by atoms with Crippen LogP contribution in [-0.4, -0.2) is 80.0 Å². The molecule has 0 spiro atoms. The molecule has 0 fully saturated rings. The maximum absolute atomic E-state index is 14.0. The Morgan fingerprint density at radius 2 is 1.62 bits per heavy atom. The highest BCUT2D eigenvalue weighted by Crippen LogP contribution is 2.18. The summed E-state index contributed by atoms with van der Waals surface area (Å²) in [7, 11) is 1.51. The minimum Gasteiger partial charge on any atom is -0.497 e. The second-order valence-corrected chi connectivity index (χ2v) is 11.2. The Hall–Kier alpha value is -4.55. The molecule has 0 aromatic heterocycles. The first-order valence-electron chi connectivity index (χ1n) is 15.7. The largest absolute Gasteiger partial charge is 0.497 e. The van der Waals surface area contributed by atoms with Crippen molar-refractivity contribution in [2.75, 3.05) is 45.2 Å². The molecule has 0 bridgehead atoms. The molecule has 0 radical (unpaired) electrons. The van der Waals surface area contributed by atoms with Gasteiger partial charge in [-0.3, -0.25) is 14.9 Å². The quantitative estimate of drug-likeness (QED) is 0.149. The fourth-order valence-electron chi connectivity index (χ4n) is 5.06. The predicted octanol–water partition coefficient (Wildman–Crippen LogP) is 5.08. The highest BCUT2D eigenvalue weighted by atomic mass is 19.1. The monoisotopic (exact) mass is 654 g/mol. The summed E-state index contributed by atoms with van der Waals surface area (Å²) < 4.78 is 38.3. The molecule has 10 nitrogen and oxygen atoms in total. The van der Waals surface area contributed by atoms with Gasteiger partial charge in [0.25, 0.3) is 11.8 Å². The molecule has 0 heterocycles. The van der Waals surface area contributed by atoms with Crippen LogP contribution in [0.1, 0.15) is 58.5 Å². The van der Waals surface area contributed by atoms with Crippen LogP contribution < -0.4 is 20.7 Å². The normalized spacial score (nSPS) is 12.1. The number of ether oxygens (including phenoxy) is 2. The number of benzene rings is 3. The van der Waals surface area contributed by atoms with Gasteiger partial charge in [-0.25, -0.2) is 13.6 Å². The SMILES string of the molecule is CCCN(CCC)C(=O)c1cc(C)cc(C(=O)N[C@@H](Cc2cc(F)cc(F)c2)[C@H](O)CNCCOC(=O)Nc2cccc(OC)c2)c1. The molecule has 0 aliphatic heterocycles. The van der Waals surface area contributed by atoms with Gasteiger partial charge in [0, 0.05) is 55.1 Å². The highest BCUT2D eigenvalue weighted by Gasteiger charge is 2.24. The van der Waals surface area contributed by atoms with Crippen LogP contribution in [0, 0.1) is 18.6 Å². The van der Waals surface area contributed by atoms with Gasteiger partial charge in [0.2, 0.25) is 0 Å². The number of methoxy groups -OCH3 is 1. The average molecular weight is 655 g/mol. The van der Waals surface area contributed by atoms with Gasteiger partial charge in [-0.05, 0) is 79.8 Å². The standard InChI is InChI=1S/C35H44F2N4O6/c1-5-11-41(12-6-2)34(44)26-15-23(3)14-25(19-26)33(43)40-31(18-24-16-27(36)20-28(37)17-24)32(42)22-38-10-13-47-35(45)39-29-8-7-9-30(21-29)46-4/h7-9,14-17,19-21,31-32,38,42H,5-6,10-13,18,22H2,1-4H3,(H,39,45)(H,40,43)/t31-,32+/m0/s1. The third kappa shape index (κ3) is 12.0. The lowest BCUT2D eigenvalue weighted by Crippen LogP contribution is -2.49. The molecule has 0 aliphatic rings. The van der Waals surface area contributed by atoms with Crippen LogP contribution in [0.3, 0.4) is 0 Å². The Morgan fingerprint density at radius 1 is 0.936 bits per heavy atom. The lowest BCUT2D eigenvalue weighted by molar-refractivity contribution is 0.0755. The molecule has 47 heavy (non-hydrogen) atoms. The second kappa shape index (κ2) is 18.6. The van der Waals surface area contributed by atoms with E-state index in [9.17, 15) is 28.3 Å². The Labute approximate surface area is 274 Å². The van der Waals surface area contributed by atoms with Crippen LogP contribution in [0.4, 0.5) is 19.3 Å². The Kier molecular flexibility index (Phi) is 14.6. The van der Waals surface area contributed by atoms with Crippen molar-refractivity contribution in [3.8, 4) is 5.75 Å². The average Bonchev–Trinajstić information content (AvgIpc) is 3.03. The molecule has 3 rings (SSSR count). The van der Waals surface area contributed by atoms with E-state index < -0.39 is 35.8 Å². The number of nitrogens with zero attached hydrogens (tertiary/aromatic N) is 1. The van der Waals surface area contributed by atoms with Crippen molar-refractivity contribution in [3.63, 3.8) is 0 Å². The number of carbonyl (C=O) groups is 3. The molecule has 0 saturated carbocycles. The summed E-state index contributed by atoms with van der Waals surface area (Å²) >= 11 is 0. The van der Waals surface area contributed by atoms with Gasteiger partial charge in [-0.1, -0.05) is 19.9 Å². The zero-order valence-corrected chi connectivity index (χ0v) is 27.3. The first-order chi connectivity index (χ1) is 22.5. The van der Waals surface area contributed by atoms with E-state index in [4.69, 9.17) is 9.47 Å². The number of rotatable bonds is 17. The van der Waals surface area contributed by atoms with Gasteiger partial charge < -0.3 is 30.1 Å². The third-order valence-electron chi connectivity index (χ3n) is 7.20. The van der Waals surface area contributed by atoms with Crippen LogP contribution in [0.2, 0.25) is 0 Å². The van der Waals surface area contributed by atoms with Gasteiger partial charge in [0.1, 0.15) is 24.0 Å². The summed E-state index contributed by atoms with van der Waals surface area (Å²) in [5, 5.41) is 19.4. The summed E-state index contributed by atoms with van der Waals surface area (Å²) in [4.78, 5) is 40.6. The smallest absolute Gasteiger partial charge is 0.411 e. The van der Waals surface area contributed by atoms with Gasteiger partial charge >= 0.3 is 6.09 Å². The maximum Gasteiger partial charge on any atom is 0.411 e. The van der Waals surface area contributed by atoms with Crippen LogP contribution in [0.5, 0.6) is 5.75 Å². The molecule has 0 aliphatic carbocycles. The van der Waals surface area contributed by atoms with Crippen molar-refractivity contribution >= 4 is 23.6 Å². The zero-order valence-electron chi connectivity index (χ0n) is 27.3. The van der Waals surface area contributed by atoms with E-state index >= 15 is 0 Å². The van der Waals surface area contributed by atoms with E-state index in [0.717, 1.165) is 31.0 Å². The number of halogens is 2. The van der Waals surface area contributed by atoms with Gasteiger partial charge in [0.15, 0.2) is 0 Å².